The SMILES string of the molecule is C=Cc1c(/C=C(\N)C(F)(F)F)nc(-c2nc(C3CC3)n(C(C)C)c2S(=O)(=O)CC)n1C. The van der Waals surface area contributed by atoms with Crippen LogP contribution in [0.4, 0.5) is 13.2 Å². The van der Waals surface area contributed by atoms with Gasteiger partial charge >= 0.3 is 6.18 Å². The van der Waals surface area contributed by atoms with E-state index in [4.69, 9.17) is 5.73 Å². The van der Waals surface area contributed by atoms with Gasteiger partial charge in [-0.15, -0.1) is 0 Å². The third-order valence-electron chi connectivity index (χ3n) is 5.22. The number of aromatic nitrogens is 4. The van der Waals surface area contributed by atoms with Crippen LogP contribution in [0.25, 0.3) is 23.7 Å². The average Bonchev–Trinajstić information content (AvgIpc) is 3.36. The van der Waals surface area contributed by atoms with Crippen molar-refractivity contribution in [1.29, 1.82) is 0 Å². The van der Waals surface area contributed by atoms with E-state index in [0.29, 0.717) is 5.82 Å². The molecule has 31 heavy (non-hydrogen) atoms. The standard InChI is InChI=1S/C20H26F3N5O2S/c1-6-14-13(10-15(24)20(21,22)23)25-18(27(14)5)16-19(31(29,30)7-2)28(11(3)4)17(26-16)12-8-9-12/h6,10-12H,1,7-9,24H2,2-5H3/b15-10-. The summed E-state index contributed by atoms with van der Waals surface area (Å²) in [5.41, 5.74) is 4.21. The molecule has 0 unspecified atom stereocenters. The Balaban J connectivity index is 2.34. The molecule has 2 aromatic rings. The van der Waals surface area contributed by atoms with Gasteiger partial charge in [0, 0.05) is 19.0 Å². The molecule has 0 aliphatic heterocycles. The Kier molecular flexibility index (Phi) is 5.85. The first kappa shape index (κ1) is 23.1. The second kappa shape index (κ2) is 7.85. The van der Waals surface area contributed by atoms with Crippen molar-refractivity contribution in [3.8, 4) is 11.5 Å². The van der Waals surface area contributed by atoms with Crippen molar-refractivity contribution in [2.24, 2.45) is 12.8 Å². The third kappa shape index (κ3) is 4.15. The normalized spacial score (nSPS) is 15.7. The molecule has 170 valence electrons. The fourth-order valence-electron chi connectivity index (χ4n) is 3.46. The number of hydrogen-bond acceptors (Lipinski definition) is 5. The van der Waals surface area contributed by atoms with Crippen LogP contribution in [0.2, 0.25) is 0 Å². The molecule has 11 heteroatoms. The topological polar surface area (TPSA) is 95.8 Å². The Bertz CT molecular complexity index is 1150. The second-order valence-corrected chi connectivity index (χ2v) is 10.0. The number of rotatable bonds is 7. The predicted octanol–water partition coefficient (Wildman–Crippen LogP) is 4.04. The summed E-state index contributed by atoms with van der Waals surface area (Å²) < 4.78 is 68.2. The number of sulfone groups is 1. The number of nitrogens with two attached hydrogens (primary N) is 1. The minimum absolute atomic E-state index is 0.0370. The molecule has 1 aliphatic rings. The summed E-state index contributed by atoms with van der Waals surface area (Å²) in [5.74, 6) is 0.813. The van der Waals surface area contributed by atoms with Crippen molar-refractivity contribution in [1.82, 2.24) is 19.1 Å². The van der Waals surface area contributed by atoms with Gasteiger partial charge in [0.25, 0.3) is 0 Å². The summed E-state index contributed by atoms with van der Waals surface area (Å²) in [6, 6.07) is -0.174. The highest BCUT2D eigenvalue weighted by Crippen LogP contribution is 2.44. The molecule has 0 atom stereocenters. The molecule has 3 rings (SSSR count). The van der Waals surface area contributed by atoms with E-state index in [1.165, 1.54) is 10.6 Å². The van der Waals surface area contributed by atoms with Crippen molar-refractivity contribution in [3.63, 3.8) is 0 Å². The van der Waals surface area contributed by atoms with Gasteiger partial charge in [0.1, 0.15) is 17.2 Å². The molecule has 0 saturated heterocycles. The molecule has 2 N–H and O–H groups in total. The Labute approximate surface area is 179 Å². The zero-order valence-corrected chi connectivity index (χ0v) is 18.7. The van der Waals surface area contributed by atoms with Crippen LogP contribution in [0.3, 0.4) is 0 Å². The smallest absolute Gasteiger partial charge is 0.395 e. The number of nitrogens with zero attached hydrogens (tertiary/aromatic N) is 4. The number of alkyl halides is 3. The molecule has 1 fully saturated rings. The predicted molar refractivity (Wildman–Crippen MR) is 113 cm³/mol. The van der Waals surface area contributed by atoms with Crippen LogP contribution in [0, 0.1) is 0 Å². The Morgan fingerprint density at radius 1 is 1.32 bits per heavy atom. The lowest BCUT2D eigenvalue weighted by Gasteiger charge is -2.15. The zero-order valence-electron chi connectivity index (χ0n) is 17.9. The van der Waals surface area contributed by atoms with E-state index in [1.54, 1.807) is 18.5 Å². The van der Waals surface area contributed by atoms with Crippen molar-refractivity contribution in [2.45, 2.75) is 56.8 Å². The first-order valence-corrected chi connectivity index (χ1v) is 11.6. The fraction of sp³-hybridized carbons (Fsp3) is 0.500. The van der Waals surface area contributed by atoms with Crippen molar-refractivity contribution < 1.29 is 21.6 Å². The molecule has 7 nitrogen and oxygen atoms in total. The Morgan fingerprint density at radius 3 is 2.39 bits per heavy atom. The maximum atomic E-state index is 13.1. The van der Waals surface area contributed by atoms with Crippen molar-refractivity contribution >= 4 is 22.0 Å². The van der Waals surface area contributed by atoms with E-state index in [0.717, 1.165) is 18.9 Å². The maximum absolute atomic E-state index is 13.1. The third-order valence-corrected chi connectivity index (χ3v) is 6.96. The Hall–Kier alpha value is -2.56. The van der Waals surface area contributed by atoms with Crippen LogP contribution in [0.15, 0.2) is 17.3 Å². The monoisotopic (exact) mass is 457 g/mol. The number of halogens is 3. The molecule has 0 bridgehead atoms. The maximum Gasteiger partial charge on any atom is 0.430 e. The Morgan fingerprint density at radius 2 is 1.94 bits per heavy atom. The van der Waals surface area contributed by atoms with Gasteiger partial charge in [0.15, 0.2) is 20.7 Å². The first-order valence-electron chi connectivity index (χ1n) is 9.92. The molecular weight excluding hydrogens is 431 g/mol. The first-order chi connectivity index (χ1) is 14.3. The van der Waals surface area contributed by atoms with Gasteiger partial charge in [-0.25, -0.2) is 18.4 Å². The molecule has 0 spiro atoms. The number of hydrogen-bond donors (Lipinski definition) is 1. The van der Waals surface area contributed by atoms with E-state index in [-0.39, 0.29) is 45.6 Å². The van der Waals surface area contributed by atoms with Gasteiger partial charge in [-0.1, -0.05) is 13.5 Å². The summed E-state index contributed by atoms with van der Waals surface area (Å²) in [6.45, 7) is 8.94. The van der Waals surface area contributed by atoms with Crippen molar-refractivity contribution in [3.05, 3.63) is 29.5 Å². The lowest BCUT2D eigenvalue weighted by atomic mass is 10.2. The quantitative estimate of drug-likeness (QED) is 0.677. The molecule has 2 aromatic heterocycles. The molecule has 1 saturated carbocycles. The molecule has 1 aliphatic carbocycles. The van der Waals surface area contributed by atoms with Gasteiger partial charge in [-0.05, 0) is 38.8 Å². The summed E-state index contributed by atoms with van der Waals surface area (Å²) in [4.78, 5) is 8.95. The fourth-order valence-corrected chi connectivity index (χ4v) is 4.77. The highest BCUT2D eigenvalue weighted by molar-refractivity contribution is 7.91. The summed E-state index contributed by atoms with van der Waals surface area (Å²) in [7, 11) is -2.13. The molecule has 0 radical (unpaired) electrons. The molecule has 0 aromatic carbocycles. The highest BCUT2D eigenvalue weighted by Gasteiger charge is 2.37. The average molecular weight is 458 g/mol. The van der Waals surface area contributed by atoms with Crippen LogP contribution >= 0.6 is 0 Å². The van der Waals surface area contributed by atoms with E-state index < -0.39 is 21.7 Å². The van der Waals surface area contributed by atoms with Crippen molar-refractivity contribution in [2.75, 3.05) is 5.75 Å². The van der Waals surface area contributed by atoms with Gasteiger partial charge in [0.2, 0.25) is 0 Å². The van der Waals surface area contributed by atoms with E-state index in [9.17, 15) is 21.6 Å². The zero-order chi connectivity index (χ0) is 23.3. The summed E-state index contributed by atoms with van der Waals surface area (Å²) in [5, 5.41) is 0.0370. The van der Waals surface area contributed by atoms with E-state index in [1.807, 2.05) is 13.8 Å². The minimum Gasteiger partial charge on any atom is -0.395 e. The van der Waals surface area contributed by atoms with Gasteiger partial charge in [-0.3, -0.25) is 0 Å². The van der Waals surface area contributed by atoms with Crippen LogP contribution in [0.5, 0.6) is 0 Å². The molecule has 0 amide bonds. The van der Waals surface area contributed by atoms with E-state index in [2.05, 4.69) is 16.5 Å². The lowest BCUT2D eigenvalue weighted by molar-refractivity contribution is -0.0916. The van der Waals surface area contributed by atoms with Gasteiger partial charge < -0.3 is 14.9 Å². The number of allylic oxidation sites excluding steroid dienone is 1. The lowest BCUT2D eigenvalue weighted by Crippen LogP contribution is -2.19. The summed E-state index contributed by atoms with van der Waals surface area (Å²) >= 11 is 0. The highest BCUT2D eigenvalue weighted by atomic mass is 32.2. The van der Waals surface area contributed by atoms with Gasteiger partial charge in [-0.2, -0.15) is 13.2 Å². The van der Waals surface area contributed by atoms with Crippen LogP contribution in [-0.4, -0.2) is 39.4 Å². The van der Waals surface area contributed by atoms with E-state index >= 15 is 0 Å². The van der Waals surface area contributed by atoms with Crippen LogP contribution in [-0.2, 0) is 16.9 Å². The van der Waals surface area contributed by atoms with Gasteiger partial charge in [0.05, 0.1) is 17.1 Å². The molecule has 2 heterocycles. The summed E-state index contributed by atoms with van der Waals surface area (Å²) in [6.07, 6.45) is -0.838. The minimum atomic E-state index is -4.72. The number of imidazole rings is 2. The van der Waals surface area contributed by atoms with Crippen LogP contribution < -0.4 is 5.73 Å². The van der Waals surface area contributed by atoms with Crippen LogP contribution in [0.1, 0.15) is 62.8 Å². The largest absolute Gasteiger partial charge is 0.430 e. The second-order valence-electron chi connectivity index (χ2n) is 7.83. The molecular formula is C20H26F3N5O2S.